The largest absolute Gasteiger partial charge is 0.493 e. The predicted molar refractivity (Wildman–Crippen MR) is 108 cm³/mol. The van der Waals surface area contributed by atoms with Gasteiger partial charge in [0.1, 0.15) is 5.56 Å². The molecule has 2 aromatic rings. The van der Waals surface area contributed by atoms with Gasteiger partial charge in [-0.25, -0.2) is 9.36 Å². The van der Waals surface area contributed by atoms with E-state index in [1.165, 1.54) is 6.21 Å². The van der Waals surface area contributed by atoms with Gasteiger partial charge in [0.15, 0.2) is 0 Å². The van der Waals surface area contributed by atoms with E-state index in [1.54, 1.807) is 30.3 Å². The molecule has 1 unspecified atom stereocenters. The van der Waals surface area contributed by atoms with Crippen LogP contribution < -0.4 is 11.2 Å². The van der Waals surface area contributed by atoms with Crippen LogP contribution in [0.3, 0.4) is 0 Å². The van der Waals surface area contributed by atoms with E-state index in [0.29, 0.717) is 5.69 Å². The lowest BCUT2D eigenvalue weighted by Gasteiger charge is -2.18. The lowest BCUT2D eigenvalue weighted by molar-refractivity contribution is 0.294. The lowest BCUT2D eigenvalue weighted by Crippen LogP contribution is -2.31. The van der Waals surface area contributed by atoms with E-state index in [2.05, 4.69) is 28.7 Å². The summed E-state index contributed by atoms with van der Waals surface area (Å²) in [7, 11) is 0. The smallest absolute Gasteiger partial charge is 0.335 e. The van der Waals surface area contributed by atoms with Gasteiger partial charge in [-0.1, -0.05) is 32.0 Å². The van der Waals surface area contributed by atoms with Crippen molar-refractivity contribution in [1.82, 2.24) is 14.5 Å². The molecule has 0 radical (unpaired) electrons. The van der Waals surface area contributed by atoms with Gasteiger partial charge in [0.2, 0.25) is 5.88 Å². The molecule has 1 aromatic heterocycles. The fraction of sp³-hybridized carbons (Fsp3) is 0.450. The molecule has 0 amide bonds. The second-order valence-electron chi connectivity index (χ2n) is 6.46. The number of hydrogen-bond donors (Lipinski definition) is 2. The SMILES string of the molecule is CCN(CC)CCCC(C)N=Cc1c(O)n(-c2ccccc2)c(=O)[nH]c1=O. The first-order chi connectivity index (χ1) is 13.0. The van der Waals surface area contributed by atoms with E-state index < -0.39 is 17.1 Å². The fourth-order valence-corrected chi connectivity index (χ4v) is 2.90. The van der Waals surface area contributed by atoms with Crippen LogP contribution in [0.1, 0.15) is 39.2 Å². The minimum atomic E-state index is -0.687. The highest BCUT2D eigenvalue weighted by molar-refractivity contribution is 5.82. The Hall–Kier alpha value is -2.67. The molecule has 0 saturated heterocycles. The fourth-order valence-electron chi connectivity index (χ4n) is 2.90. The monoisotopic (exact) mass is 372 g/mol. The number of para-hydroxylation sites is 1. The molecule has 1 aromatic carbocycles. The van der Waals surface area contributed by atoms with E-state index in [9.17, 15) is 14.7 Å². The van der Waals surface area contributed by atoms with E-state index in [-0.39, 0.29) is 11.6 Å². The van der Waals surface area contributed by atoms with Crippen molar-refractivity contribution >= 4 is 6.21 Å². The van der Waals surface area contributed by atoms with Gasteiger partial charge >= 0.3 is 5.69 Å². The Bertz CT molecular complexity index is 867. The third-order valence-electron chi connectivity index (χ3n) is 4.58. The van der Waals surface area contributed by atoms with Crippen LogP contribution >= 0.6 is 0 Å². The number of H-pyrrole nitrogens is 1. The highest BCUT2D eigenvalue weighted by Crippen LogP contribution is 2.15. The molecule has 146 valence electrons. The Morgan fingerprint density at radius 3 is 2.52 bits per heavy atom. The number of nitrogens with zero attached hydrogens (tertiary/aromatic N) is 3. The standard InChI is InChI=1S/C20H28N4O3/c1-4-23(5-2)13-9-10-15(3)21-14-17-18(25)22-20(27)24(19(17)26)16-11-7-6-8-12-16/h6-8,11-12,14-15,26H,4-5,9-10,13H2,1-3H3,(H,22,25,27). The molecule has 7 heteroatoms. The van der Waals surface area contributed by atoms with Crippen molar-refractivity contribution in [3.63, 3.8) is 0 Å². The maximum atomic E-state index is 12.1. The van der Waals surface area contributed by atoms with Gasteiger partial charge in [0, 0.05) is 12.3 Å². The Kier molecular flexibility index (Phi) is 7.55. The molecule has 0 aliphatic rings. The number of aliphatic imine (C=N–C) groups is 1. The zero-order valence-electron chi connectivity index (χ0n) is 16.2. The van der Waals surface area contributed by atoms with Gasteiger partial charge in [-0.2, -0.15) is 0 Å². The molecule has 0 saturated carbocycles. The van der Waals surface area contributed by atoms with Crippen LogP contribution in [0.15, 0.2) is 44.9 Å². The Labute approximate surface area is 159 Å². The lowest BCUT2D eigenvalue weighted by atomic mass is 10.2. The third kappa shape index (κ3) is 5.40. The average Bonchev–Trinajstić information content (AvgIpc) is 2.65. The van der Waals surface area contributed by atoms with Crippen molar-refractivity contribution in [2.24, 2.45) is 4.99 Å². The summed E-state index contributed by atoms with van der Waals surface area (Å²) in [5, 5.41) is 10.5. The van der Waals surface area contributed by atoms with Crippen molar-refractivity contribution in [2.45, 2.75) is 39.7 Å². The van der Waals surface area contributed by atoms with Crippen molar-refractivity contribution < 1.29 is 5.11 Å². The van der Waals surface area contributed by atoms with Crippen LogP contribution in [0.25, 0.3) is 5.69 Å². The molecular weight excluding hydrogens is 344 g/mol. The van der Waals surface area contributed by atoms with Gasteiger partial charge in [-0.3, -0.25) is 14.8 Å². The number of nitrogens with one attached hydrogen (secondary N) is 1. The highest BCUT2D eigenvalue weighted by Gasteiger charge is 2.14. The first kappa shape index (κ1) is 20.6. The van der Waals surface area contributed by atoms with Crippen molar-refractivity contribution in [3.8, 4) is 11.6 Å². The summed E-state index contributed by atoms with van der Waals surface area (Å²) < 4.78 is 1.06. The summed E-state index contributed by atoms with van der Waals surface area (Å²) in [6, 6.07) is 8.67. The molecular formula is C20H28N4O3. The molecule has 2 N–H and O–H groups in total. The minimum absolute atomic E-state index is 0.0106. The maximum Gasteiger partial charge on any atom is 0.335 e. The number of rotatable bonds is 9. The molecule has 0 bridgehead atoms. The maximum absolute atomic E-state index is 12.1. The predicted octanol–water partition coefficient (Wildman–Crippen LogP) is 2.16. The molecule has 0 aliphatic heterocycles. The molecule has 0 spiro atoms. The highest BCUT2D eigenvalue weighted by atomic mass is 16.3. The van der Waals surface area contributed by atoms with E-state index in [4.69, 9.17) is 0 Å². The van der Waals surface area contributed by atoms with Crippen LogP contribution in [0.2, 0.25) is 0 Å². The van der Waals surface area contributed by atoms with Gasteiger partial charge in [-0.05, 0) is 51.5 Å². The quantitative estimate of drug-likeness (QED) is 0.660. The van der Waals surface area contributed by atoms with Crippen LogP contribution in [0, 0.1) is 0 Å². The van der Waals surface area contributed by atoms with Crippen molar-refractivity contribution in [2.75, 3.05) is 19.6 Å². The summed E-state index contributed by atoms with van der Waals surface area (Å²) in [6.45, 7) is 9.31. The van der Waals surface area contributed by atoms with Crippen molar-refractivity contribution in [3.05, 3.63) is 56.7 Å². The number of aromatic hydroxyl groups is 1. The molecule has 0 fully saturated rings. The topological polar surface area (TPSA) is 90.7 Å². The molecule has 27 heavy (non-hydrogen) atoms. The van der Waals surface area contributed by atoms with Gasteiger partial charge in [0.05, 0.1) is 5.69 Å². The molecule has 7 nitrogen and oxygen atoms in total. The van der Waals surface area contributed by atoms with Gasteiger partial charge in [0.25, 0.3) is 5.56 Å². The zero-order valence-corrected chi connectivity index (χ0v) is 16.2. The van der Waals surface area contributed by atoms with E-state index in [1.807, 2.05) is 6.92 Å². The Morgan fingerprint density at radius 2 is 1.89 bits per heavy atom. The summed E-state index contributed by atoms with van der Waals surface area (Å²) in [5.41, 5.74) is -0.885. The first-order valence-electron chi connectivity index (χ1n) is 9.37. The Morgan fingerprint density at radius 1 is 1.22 bits per heavy atom. The Balaban J connectivity index is 2.18. The van der Waals surface area contributed by atoms with Crippen LogP contribution in [-0.2, 0) is 0 Å². The number of hydrogen-bond acceptors (Lipinski definition) is 5. The second kappa shape index (κ2) is 9.87. The zero-order chi connectivity index (χ0) is 19.8. The molecule has 1 heterocycles. The van der Waals surface area contributed by atoms with Crippen molar-refractivity contribution in [1.29, 1.82) is 0 Å². The van der Waals surface area contributed by atoms with Gasteiger partial charge < -0.3 is 10.0 Å². The number of aromatic nitrogens is 2. The minimum Gasteiger partial charge on any atom is -0.493 e. The third-order valence-corrected chi connectivity index (χ3v) is 4.58. The summed E-state index contributed by atoms with van der Waals surface area (Å²) in [6.07, 6.45) is 3.24. The molecule has 2 rings (SSSR count). The number of aromatic amines is 1. The van der Waals surface area contributed by atoms with E-state index >= 15 is 0 Å². The summed E-state index contributed by atoms with van der Waals surface area (Å²) >= 11 is 0. The second-order valence-corrected chi connectivity index (χ2v) is 6.46. The van der Waals surface area contributed by atoms with E-state index in [0.717, 1.165) is 37.0 Å². The average molecular weight is 372 g/mol. The summed E-state index contributed by atoms with van der Waals surface area (Å²) in [5.74, 6) is -0.408. The van der Waals surface area contributed by atoms with Crippen LogP contribution in [0.4, 0.5) is 0 Å². The normalized spacial score (nSPS) is 12.7. The van der Waals surface area contributed by atoms with Gasteiger partial charge in [-0.15, -0.1) is 0 Å². The first-order valence-corrected chi connectivity index (χ1v) is 9.37. The molecule has 1 atom stereocenters. The van der Waals surface area contributed by atoms with Crippen LogP contribution in [0.5, 0.6) is 5.88 Å². The summed E-state index contributed by atoms with van der Waals surface area (Å²) in [4.78, 5) is 33.2. The number of benzene rings is 1. The van der Waals surface area contributed by atoms with Crippen LogP contribution in [-0.4, -0.2) is 51.4 Å². The molecule has 0 aliphatic carbocycles.